The number of fused-ring (bicyclic) bond motifs is 1. The average Bonchev–Trinajstić information content (AvgIpc) is 3.12. The van der Waals surface area contributed by atoms with Crippen LogP contribution in [0.1, 0.15) is 11.3 Å². The number of aromatic nitrogens is 3. The minimum absolute atomic E-state index is 0.0940. The second-order valence-corrected chi connectivity index (χ2v) is 6.42. The van der Waals surface area contributed by atoms with E-state index in [1.807, 2.05) is 54.6 Å². The van der Waals surface area contributed by atoms with Gasteiger partial charge >= 0.3 is 0 Å². The molecule has 0 saturated carbocycles. The summed E-state index contributed by atoms with van der Waals surface area (Å²) in [4.78, 5) is 16.5. The molecule has 0 unspecified atom stereocenters. The van der Waals surface area contributed by atoms with Gasteiger partial charge in [-0.05, 0) is 29.3 Å². The van der Waals surface area contributed by atoms with E-state index in [2.05, 4.69) is 20.5 Å². The molecule has 5 N–H and O–H groups in total. The third-order valence-corrected chi connectivity index (χ3v) is 4.38. The number of nitrogen functional groups attached to an aromatic ring is 1. The normalized spacial score (nSPS) is 10.7. The summed E-state index contributed by atoms with van der Waals surface area (Å²) in [5.74, 6) is -0.197. The first kappa shape index (κ1) is 17.4. The van der Waals surface area contributed by atoms with Gasteiger partial charge < -0.3 is 11.1 Å². The number of pyridine rings is 1. The number of amides is 1. The fraction of sp³-hybridized carbons (Fsp3) is 0.0476. The SMILES string of the molecule is N=C(N)c1n[nH]c2ccc(-c3cncc(NC(=O)Cc4ccccc4)c3)cc12. The number of rotatable bonds is 5. The number of hydrogen-bond donors (Lipinski definition) is 4. The molecule has 2 heterocycles. The van der Waals surface area contributed by atoms with E-state index in [1.165, 1.54) is 0 Å². The van der Waals surface area contributed by atoms with Crippen LogP contribution in [0.25, 0.3) is 22.0 Å². The second-order valence-electron chi connectivity index (χ2n) is 6.42. The van der Waals surface area contributed by atoms with Gasteiger partial charge in [0, 0.05) is 17.1 Å². The van der Waals surface area contributed by atoms with Crippen LogP contribution in [0.5, 0.6) is 0 Å². The summed E-state index contributed by atoms with van der Waals surface area (Å²) in [6.45, 7) is 0. The maximum Gasteiger partial charge on any atom is 0.228 e. The monoisotopic (exact) mass is 370 g/mol. The zero-order valence-corrected chi connectivity index (χ0v) is 14.9. The van der Waals surface area contributed by atoms with E-state index in [4.69, 9.17) is 11.1 Å². The van der Waals surface area contributed by atoms with Crippen molar-refractivity contribution in [2.24, 2.45) is 5.73 Å². The average molecular weight is 370 g/mol. The number of amidine groups is 1. The lowest BCUT2D eigenvalue weighted by molar-refractivity contribution is -0.115. The molecule has 0 radical (unpaired) electrons. The lowest BCUT2D eigenvalue weighted by Crippen LogP contribution is -2.14. The quantitative estimate of drug-likeness (QED) is 0.319. The Hall–Kier alpha value is -4.00. The van der Waals surface area contributed by atoms with Crippen LogP contribution >= 0.6 is 0 Å². The molecule has 0 fully saturated rings. The molecule has 138 valence electrons. The number of carbonyl (C=O) groups is 1. The van der Waals surface area contributed by atoms with E-state index < -0.39 is 0 Å². The Morgan fingerprint density at radius 3 is 2.68 bits per heavy atom. The van der Waals surface area contributed by atoms with Gasteiger partial charge in [0.1, 0.15) is 11.5 Å². The number of aromatic amines is 1. The lowest BCUT2D eigenvalue weighted by atomic mass is 10.0. The van der Waals surface area contributed by atoms with Gasteiger partial charge in [0.2, 0.25) is 5.91 Å². The Morgan fingerprint density at radius 1 is 1.07 bits per heavy atom. The van der Waals surface area contributed by atoms with Crippen molar-refractivity contribution in [1.82, 2.24) is 15.2 Å². The van der Waals surface area contributed by atoms with Gasteiger partial charge in [0.05, 0.1) is 23.8 Å². The number of nitrogens with zero attached hydrogens (tertiary/aromatic N) is 2. The zero-order valence-electron chi connectivity index (χ0n) is 14.9. The van der Waals surface area contributed by atoms with E-state index in [-0.39, 0.29) is 11.7 Å². The van der Waals surface area contributed by atoms with Crippen LogP contribution in [0.15, 0.2) is 67.0 Å². The highest BCUT2D eigenvalue weighted by atomic mass is 16.1. The molecule has 4 rings (SSSR count). The summed E-state index contributed by atoms with van der Waals surface area (Å²) in [6.07, 6.45) is 3.64. The van der Waals surface area contributed by atoms with Crippen molar-refractivity contribution < 1.29 is 4.79 Å². The number of carbonyl (C=O) groups excluding carboxylic acids is 1. The molecule has 1 amide bonds. The van der Waals surface area contributed by atoms with Crippen LogP contribution < -0.4 is 11.1 Å². The fourth-order valence-corrected chi connectivity index (χ4v) is 3.05. The Morgan fingerprint density at radius 2 is 1.89 bits per heavy atom. The molecule has 7 nitrogen and oxygen atoms in total. The smallest absolute Gasteiger partial charge is 0.228 e. The van der Waals surface area contributed by atoms with E-state index >= 15 is 0 Å². The molecule has 7 heteroatoms. The van der Waals surface area contributed by atoms with Gasteiger partial charge in [-0.25, -0.2) is 0 Å². The highest BCUT2D eigenvalue weighted by Gasteiger charge is 2.11. The Bertz CT molecular complexity index is 1170. The van der Waals surface area contributed by atoms with Crippen LogP contribution in [0, 0.1) is 5.41 Å². The Balaban J connectivity index is 1.58. The largest absolute Gasteiger partial charge is 0.382 e. The maximum absolute atomic E-state index is 12.3. The van der Waals surface area contributed by atoms with Crippen molar-refractivity contribution in [1.29, 1.82) is 5.41 Å². The van der Waals surface area contributed by atoms with Crippen molar-refractivity contribution in [3.8, 4) is 11.1 Å². The van der Waals surface area contributed by atoms with Crippen molar-refractivity contribution in [3.05, 3.63) is 78.2 Å². The highest BCUT2D eigenvalue weighted by molar-refractivity contribution is 6.06. The first-order valence-electron chi connectivity index (χ1n) is 8.72. The lowest BCUT2D eigenvalue weighted by Gasteiger charge is -2.08. The molecule has 0 bridgehead atoms. The van der Waals surface area contributed by atoms with Crippen molar-refractivity contribution in [3.63, 3.8) is 0 Å². The van der Waals surface area contributed by atoms with Gasteiger partial charge in [-0.1, -0.05) is 36.4 Å². The first-order valence-corrected chi connectivity index (χ1v) is 8.72. The molecule has 4 aromatic rings. The fourth-order valence-electron chi connectivity index (χ4n) is 3.05. The number of nitrogens with two attached hydrogens (primary N) is 1. The van der Waals surface area contributed by atoms with Gasteiger partial charge in [-0.15, -0.1) is 0 Å². The first-order chi connectivity index (χ1) is 13.6. The molecule has 0 saturated heterocycles. The van der Waals surface area contributed by atoms with Crippen molar-refractivity contribution in [2.75, 3.05) is 5.32 Å². The summed E-state index contributed by atoms with van der Waals surface area (Å²) < 4.78 is 0. The predicted octanol–water partition coefficient (Wildman–Crippen LogP) is 3.09. The molecule has 0 atom stereocenters. The number of hydrogen-bond acceptors (Lipinski definition) is 4. The molecular weight excluding hydrogens is 352 g/mol. The minimum Gasteiger partial charge on any atom is -0.382 e. The van der Waals surface area contributed by atoms with E-state index in [1.54, 1.807) is 12.4 Å². The third-order valence-electron chi connectivity index (χ3n) is 4.38. The molecule has 2 aromatic carbocycles. The van der Waals surface area contributed by atoms with Crippen LogP contribution in [-0.2, 0) is 11.2 Å². The predicted molar refractivity (Wildman–Crippen MR) is 109 cm³/mol. The molecule has 28 heavy (non-hydrogen) atoms. The van der Waals surface area contributed by atoms with E-state index in [0.29, 0.717) is 17.8 Å². The number of H-pyrrole nitrogens is 1. The number of anilines is 1. The standard InChI is InChI=1S/C21H18N6O/c22-21(23)20-17-10-14(6-7-18(17)26-27-20)15-9-16(12-24-11-15)25-19(28)8-13-4-2-1-3-5-13/h1-7,9-12H,8H2,(H3,22,23)(H,25,28)(H,26,27). The maximum atomic E-state index is 12.3. The van der Waals surface area contributed by atoms with Crippen LogP contribution in [0.4, 0.5) is 5.69 Å². The molecule has 0 aliphatic carbocycles. The summed E-state index contributed by atoms with van der Waals surface area (Å²) in [5, 5.41) is 18.2. The van der Waals surface area contributed by atoms with E-state index in [9.17, 15) is 4.79 Å². The van der Waals surface area contributed by atoms with Gasteiger partial charge in [0.25, 0.3) is 0 Å². The Kier molecular flexibility index (Phi) is 4.55. The number of nitrogens with one attached hydrogen (secondary N) is 3. The van der Waals surface area contributed by atoms with Crippen molar-refractivity contribution >= 4 is 28.3 Å². The summed E-state index contributed by atoms with van der Waals surface area (Å²) in [7, 11) is 0. The zero-order chi connectivity index (χ0) is 19.5. The van der Waals surface area contributed by atoms with Gasteiger partial charge in [-0.3, -0.25) is 20.3 Å². The van der Waals surface area contributed by atoms with Crippen LogP contribution in [0.2, 0.25) is 0 Å². The third kappa shape index (κ3) is 3.59. The van der Waals surface area contributed by atoms with Crippen LogP contribution in [0.3, 0.4) is 0 Å². The molecular formula is C21H18N6O. The number of benzene rings is 2. The topological polar surface area (TPSA) is 121 Å². The summed E-state index contributed by atoms with van der Waals surface area (Å²) in [5.41, 5.74) is 10.1. The van der Waals surface area contributed by atoms with Crippen LogP contribution in [-0.4, -0.2) is 26.9 Å². The van der Waals surface area contributed by atoms with Gasteiger partial charge in [-0.2, -0.15) is 5.10 Å². The summed E-state index contributed by atoms with van der Waals surface area (Å²) in [6, 6.07) is 17.2. The minimum atomic E-state index is -0.102. The molecule has 0 aliphatic rings. The van der Waals surface area contributed by atoms with Gasteiger partial charge in [0.15, 0.2) is 0 Å². The Labute approximate surface area is 161 Å². The van der Waals surface area contributed by atoms with E-state index in [0.717, 1.165) is 27.6 Å². The molecule has 0 aliphatic heterocycles. The second kappa shape index (κ2) is 7.32. The molecule has 2 aromatic heterocycles. The highest BCUT2D eigenvalue weighted by Crippen LogP contribution is 2.26. The van der Waals surface area contributed by atoms with Crippen molar-refractivity contribution in [2.45, 2.75) is 6.42 Å². The summed E-state index contributed by atoms with van der Waals surface area (Å²) >= 11 is 0. The molecule has 0 spiro atoms.